The summed E-state index contributed by atoms with van der Waals surface area (Å²) in [6, 6.07) is 0. The molecule has 0 aromatic carbocycles. The Balaban J connectivity index is 3.17. The summed E-state index contributed by atoms with van der Waals surface area (Å²) in [6.45, 7) is 9.39. The zero-order valence-corrected chi connectivity index (χ0v) is 14.1. The summed E-state index contributed by atoms with van der Waals surface area (Å²) in [5.74, 6) is 0.483. The van der Waals surface area contributed by atoms with Crippen molar-refractivity contribution in [1.29, 1.82) is 0 Å². The molecule has 0 unspecified atom stereocenters. The van der Waals surface area contributed by atoms with Crippen LogP contribution in [0.25, 0.3) is 0 Å². The van der Waals surface area contributed by atoms with E-state index in [1.807, 2.05) is 0 Å². The van der Waals surface area contributed by atoms with Gasteiger partial charge in [-0.25, -0.2) is 4.79 Å². The van der Waals surface area contributed by atoms with Crippen LogP contribution in [0.1, 0.15) is 48.2 Å². The minimum Gasteiger partial charge on any atom is -0.465 e. The first-order chi connectivity index (χ1) is 9.88. The molecule has 0 aliphatic carbocycles. The Labute approximate surface area is 125 Å². The second-order valence-electron chi connectivity index (χ2n) is 4.39. The van der Waals surface area contributed by atoms with Gasteiger partial charge in [0.05, 0.1) is 26.0 Å². The van der Waals surface area contributed by atoms with E-state index in [9.17, 15) is 9.36 Å². The van der Waals surface area contributed by atoms with Crippen LogP contribution >= 0.6 is 7.60 Å². The molecule has 120 valence electrons. The Morgan fingerprint density at radius 2 is 1.62 bits per heavy atom. The fourth-order valence-corrected chi connectivity index (χ4v) is 3.92. The number of carbonyl (C=O) groups excluding carboxylic acids is 1. The van der Waals surface area contributed by atoms with E-state index in [2.05, 4.69) is 0 Å². The van der Waals surface area contributed by atoms with E-state index in [0.717, 1.165) is 0 Å². The third kappa shape index (κ3) is 4.43. The van der Waals surface area contributed by atoms with E-state index < -0.39 is 13.6 Å². The van der Waals surface area contributed by atoms with Gasteiger partial charge in [0.1, 0.15) is 17.1 Å². The highest BCUT2D eigenvalue weighted by Gasteiger charge is 2.31. The first-order valence-corrected chi connectivity index (χ1v) is 8.75. The van der Waals surface area contributed by atoms with Crippen molar-refractivity contribution in [3.63, 3.8) is 0 Å². The summed E-state index contributed by atoms with van der Waals surface area (Å²) in [5, 5.41) is 0. The Kier molecular flexibility index (Phi) is 6.65. The molecule has 0 bridgehead atoms. The summed E-state index contributed by atoms with van der Waals surface area (Å²) in [5.41, 5.74) is 0.838. The van der Waals surface area contributed by atoms with Crippen LogP contribution in [0.4, 0.5) is 0 Å². The first kappa shape index (κ1) is 18.0. The van der Waals surface area contributed by atoms with Crippen molar-refractivity contribution in [3.8, 4) is 0 Å². The van der Waals surface area contributed by atoms with Crippen molar-refractivity contribution < 1.29 is 27.6 Å². The van der Waals surface area contributed by atoms with Gasteiger partial charge in [-0.1, -0.05) is 0 Å². The average molecular weight is 318 g/mol. The van der Waals surface area contributed by atoms with Crippen molar-refractivity contribution in [3.05, 3.63) is 22.6 Å². The van der Waals surface area contributed by atoms with E-state index in [-0.39, 0.29) is 26.0 Å². The highest BCUT2D eigenvalue weighted by atomic mass is 31.2. The summed E-state index contributed by atoms with van der Waals surface area (Å²) in [6.07, 6.45) is -0.00794. The molecule has 21 heavy (non-hydrogen) atoms. The van der Waals surface area contributed by atoms with Gasteiger partial charge < -0.3 is 18.2 Å². The lowest BCUT2D eigenvalue weighted by molar-refractivity contribution is 0.0523. The van der Waals surface area contributed by atoms with Gasteiger partial charge in [0.2, 0.25) is 0 Å². The lowest BCUT2D eigenvalue weighted by atomic mass is 10.1. The number of furan rings is 1. The quantitative estimate of drug-likeness (QED) is 0.535. The largest absolute Gasteiger partial charge is 0.465 e. The van der Waals surface area contributed by atoms with Gasteiger partial charge in [0.15, 0.2) is 0 Å². The standard InChI is InChI=1S/C14H23O6P/c1-6-17-14(15)13-11(5)20-10(4)12(13)9-21(16,18-7-2)19-8-3/h6-9H2,1-5H3. The predicted octanol–water partition coefficient (Wildman–Crippen LogP) is 3.84. The van der Waals surface area contributed by atoms with Crippen LogP contribution < -0.4 is 0 Å². The Morgan fingerprint density at radius 3 is 2.10 bits per heavy atom. The summed E-state index contributed by atoms with van der Waals surface area (Å²) >= 11 is 0. The molecular weight excluding hydrogens is 295 g/mol. The number of aryl methyl sites for hydroxylation is 2. The van der Waals surface area contributed by atoms with Crippen LogP contribution in [0.2, 0.25) is 0 Å². The fourth-order valence-electron chi connectivity index (χ4n) is 2.11. The summed E-state index contributed by atoms with van der Waals surface area (Å²) in [4.78, 5) is 12.0. The molecule has 1 aromatic heterocycles. The molecule has 0 radical (unpaired) electrons. The molecule has 0 atom stereocenters. The smallest absolute Gasteiger partial charge is 0.341 e. The van der Waals surface area contributed by atoms with Crippen molar-refractivity contribution in [1.82, 2.24) is 0 Å². The third-order valence-electron chi connectivity index (χ3n) is 2.87. The minimum atomic E-state index is -3.31. The molecule has 0 fully saturated rings. The Morgan fingerprint density at radius 1 is 1.05 bits per heavy atom. The molecule has 7 heteroatoms. The van der Waals surface area contributed by atoms with Crippen molar-refractivity contribution >= 4 is 13.6 Å². The Bertz CT molecular complexity index is 524. The molecule has 1 heterocycles. The van der Waals surface area contributed by atoms with Crippen LogP contribution in [0, 0.1) is 13.8 Å². The van der Waals surface area contributed by atoms with Crippen LogP contribution in [0.5, 0.6) is 0 Å². The number of ether oxygens (including phenoxy) is 1. The van der Waals surface area contributed by atoms with Gasteiger partial charge in [0.25, 0.3) is 0 Å². The molecule has 6 nitrogen and oxygen atoms in total. The number of hydrogen-bond acceptors (Lipinski definition) is 6. The molecule has 0 N–H and O–H groups in total. The second kappa shape index (κ2) is 7.78. The van der Waals surface area contributed by atoms with Crippen LogP contribution in [0.3, 0.4) is 0 Å². The van der Waals surface area contributed by atoms with Gasteiger partial charge in [0, 0.05) is 5.56 Å². The highest BCUT2D eigenvalue weighted by Crippen LogP contribution is 2.52. The van der Waals surface area contributed by atoms with Crippen LogP contribution in [-0.2, 0) is 24.5 Å². The third-order valence-corrected chi connectivity index (χ3v) is 4.87. The molecule has 0 saturated heterocycles. The minimum absolute atomic E-state index is 0.00794. The SMILES string of the molecule is CCOC(=O)c1c(C)oc(C)c1CP(=O)(OCC)OCC. The zero-order chi connectivity index (χ0) is 16.0. The molecule has 0 aliphatic rings. The fraction of sp³-hybridized carbons (Fsp3) is 0.643. The lowest BCUT2D eigenvalue weighted by Crippen LogP contribution is -2.09. The van der Waals surface area contributed by atoms with E-state index >= 15 is 0 Å². The average Bonchev–Trinajstić information content (AvgIpc) is 2.64. The van der Waals surface area contributed by atoms with Gasteiger partial charge in [-0.15, -0.1) is 0 Å². The number of hydrogen-bond donors (Lipinski definition) is 0. The topological polar surface area (TPSA) is 75.0 Å². The molecule has 0 aliphatic heterocycles. The van der Waals surface area contributed by atoms with Gasteiger partial charge in [-0.05, 0) is 34.6 Å². The number of rotatable bonds is 8. The zero-order valence-electron chi connectivity index (χ0n) is 13.2. The van der Waals surface area contributed by atoms with Crippen molar-refractivity contribution in [2.45, 2.75) is 40.8 Å². The van der Waals surface area contributed by atoms with Crippen molar-refractivity contribution in [2.75, 3.05) is 19.8 Å². The van der Waals surface area contributed by atoms with Crippen LogP contribution in [-0.4, -0.2) is 25.8 Å². The maximum atomic E-state index is 12.6. The first-order valence-electron chi connectivity index (χ1n) is 7.02. The maximum absolute atomic E-state index is 12.6. The van der Waals surface area contributed by atoms with Crippen LogP contribution in [0.15, 0.2) is 4.42 Å². The van der Waals surface area contributed by atoms with E-state index in [4.69, 9.17) is 18.2 Å². The maximum Gasteiger partial charge on any atom is 0.341 e. The lowest BCUT2D eigenvalue weighted by Gasteiger charge is -2.17. The summed E-state index contributed by atoms with van der Waals surface area (Å²) in [7, 11) is -3.31. The molecule has 0 spiro atoms. The molecule has 1 rings (SSSR count). The number of esters is 1. The molecular formula is C14H23O6P. The molecule has 1 aromatic rings. The van der Waals surface area contributed by atoms with Crippen molar-refractivity contribution in [2.24, 2.45) is 0 Å². The normalized spacial score (nSPS) is 11.7. The van der Waals surface area contributed by atoms with E-state index in [1.165, 1.54) is 0 Å². The molecule has 0 amide bonds. The second-order valence-corrected chi connectivity index (χ2v) is 6.45. The molecule has 0 saturated carbocycles. The monoisotopic (exact) mass is 318 g/mol. The summed E-state index contributed by atoms with van der Waals surface area (Å²) < 4.78 is 33.7. The highest BCUT2D eigenvalue weighted by molar-refractivity contribution is 7.53. The van der Waals surface area contributed by atoms with Gasteiger partial charge in [-0.2, -0.15) is 0 Å². The number of carbonyl (C=O) groups is 1. The van der Waals surface area contributed by atoms with E-state index in [0.29, 0.717) is 22.6 Å². The van der Waals surface area contributed by atoms with Gasteiger partial charge in [-0.3, -0.25) is 4.57 Å². The van der Waals surface area contributed by atoms with E-state index in [1.54, 1.807) is 34.6 Å². The Hall–Kier alpha value is -1.10. The predicted molar refractivity (Wildman–Crippen MR) is 78.7 cm³/mol. The van der Waals surface area contributed by atoms with Gasteiger partial charge >= 0.3 is 13.6 Å².